The Morgan fingerprint density at radius 2 is 1.55 bits per heavy atom. The minimum absolute atomic E-state index is 0. The van der Waals surface area contributed by atoms with Crippen LogP contribution in [-0.2, 0) is 30.3 Å². The zero-order valence-corrected chi connectivity index (χ0v) is 30.5. The van der Waals surface area contributed by atoms with Crippen LogP contribution in [0.5, 0.6) is 0 Å². The number of fused-ring (bicyclic) bond motifs is 7. The fourth-order valence-corrected chi connectivity index (χ4v) is 6.62. The summed E-state index contributed by atoms with van der Waals surface area (Å²) in [5, 5.41) is 14.3. The van der Waals surface area contributed by atoms with Gasteiger partial charge in [0.15, 0.2) is 5.78 Å². The van der Waals surface area contributed by atoms with Gasteiger partial charge < -0.3 is 9.51 Å². The summed E-state index contributed by atoms with van der Waals surface area (Å²) in [6.45, 7) is 21.6. The molecule has 3 aromatic heterocycles. The average molecular weight is 771 g/mol. The molecule has 0 aliphatic carbocycles. The maximum Gasteiger partial charge on any atom is 0.162 e. The Morgan fingerprint density at radius 3 is 2.14 bits per heavy atom. The number of carbonyl (C=O) groups excluding carboxylic acids is 1. The van der Waals surface area contributed by atoms with E-state index in [1.165, 1.54) is 44.9 Å². The van der Waals surface area contributed by atoms with Gasteiger partial charge in [-0.3, -0.25) is 9.78 Å². The molecule has 0 spiro atoms. The molecule has 0 saturated heterocycles. The minimum Gasteiger partial charge on any atom is -0.512 e. The first-order valence-corrected chi connectivity index (χ1v) is 15.8. The molecule has 0 bridgehead atoms. The van der Waals surface area contributed by atoms with Crippen molar-refractivity contribution in [2.75, 3.05) is 0 Å². The zero-order valence-electron chi connectivity index (χ0n) is 28.1. The van der Waals surface area contributed by atoms with E-state index in [1.807, 2.05) is 33.9 Å². The topological polar surface area (TPSA) is 67.5 Å². The van der Waals surface area contributed by atoms with Crippen LogP contribution in [0.4, 0.5) is 0 Å². The van der Waals surface area contributed by atoms with Gasteiger partial charge in [0.1, 0.15) is 6.33 Å². The third-order valence-corrected chi connectivity index (χ3v) is 9.16. The Labute approximate surface area is 276 Å². The van der Waals surface area contributed by atoms with Gasteiger partial charge >= 0.3 is 0 Å². The fraction of sp³-hybridized carbons (Fsp3) is 0.447. The normalized spacial score (nSPS) is 12.3. The molecule has 5 aromatic rings. The molecule has 0 atom stereocenters. The molecule has 3 heterocycles. The fourth-order valence-electron chi connectivity index (χ4n) is 6.62. The maximum atomic E-state index is 11.7. The number of hydrogen-bond donors (Lipinski definition) is 1. The third-order valence-electron chi connectivity index (χ3n) is 9.16. The van der Waals surface area contributed by atoms with Crippen molar-refractivity contribution >= 4 is 43.9 Å². The summed E-state index contributed by atoms with van der Waals surface area (Å²) in [6.07, 6.45) is 8.52. The minimum atomic E-state index is 0. The first-order chi connectivity index (χ1) is 20.4. The number of ketones is 1. The number of hydrogen-bond acceptors (Lipinski definition) is 4. The number of carbonyl (C=O) groups is 1. The van der Waals surface area contributed by atoms with E-state index in [-0.39, 0.29) is 48.9 Å². The molecule has 1 N–H and O–H groups in total. The number of aryl methyl sites for hydroxylation is 2. The molecule has 0 aliphatic heterocycles. The molecular weight excluding hydrogens is 723 g/mol. The summed E-state index contributed by atoms with van der Waals surface area (Å²) < 4.78 is 2.43. The van der Waals surface area contributed by atoms with Gasteiger partial charge in [0, 0.05) is 66.3 Å². The molecule has 0 amide bonds. The predicted molar refractivity (Wildman–Crippen MR) is 181 cm³/mol. The van der Waals surface area contributed by atoms with Gasteiger partial charge in [0.2, 0.25) is 0 Å². The van der Waals surface area contributed by atoms with E-state index >= 15 is 0 Å². The molecular formula is C38H48IrN3O2-. The second kappa shape index (κ2) is 14.3. The number of pyridine rings is 1. The van der Waals surface area contributed by atoms with Crippen molar-refractivity contribution in [1.29, 1.82) is 0 Å². The molecule has 0 unspecified atom stereocenters. The summed E-state index contributed by atoms with van der Waals surface area (Å²) in [6, 6.07) is 12.2. The molecule has 5 nitrogen and oxygen atoms in total. The smallest absolute Gasteiger partial charge is 0.162 e. The van der Waals surface area contributed by atoms with Crippen LogP contribution in [0.25, 0.3) is 38.1 Å². The molecule has 0 fully saturated rings. The van der Waals surface area contributed by atoms with E-state index in [0.717, 1.165) is 47.4 Å². The Balaban J connectivity index is 0.000000286. The number of aliphatic hydroxyl groups is 1. The van der Waals surface area contributed by atoms with Crippen LogP contribution >= 0.6 is 0 Å². The molecule has 6 heteroatoms. The van der Waals surface area contributed by atoms with Gasteiger partial charge in [0.25, 0.3) is 0 Å². The molecule has 1 radical (unpaired) electrons. The summed E-state index contributed by atoms with van der Waals surface area (Å²) in [4.78, 5) is 20.8. The van der Waals surface area contributed by atoms with Gasteiger partial charge in [-0.1, -0.05) is 89.9 Å². The van der Waals surface area contributed by atoms with Crippen LogP contribution in [-0.4, -0.2) is 25.3 Å². The second-order valence-corrected chi connectivity index (χ2v) is 12.8. The summed E-state index contributed by atoms with van der Waals surface area (Å²) in [5.41, 5.74) is 8.71. The van der Waals surface area contributed by atoms with Crippen molar-refractivity contribution in [2.45, 2.75) is 100 Å². The number of nitrogens with zero attached hydrogens (tertiary/aromatic N) is 3. The van der Waals surface area contributed by atoms with Crippen molar-refractivity contribution in [3.8, 4) is 0 Å². The zero-order chi connectivity index (χ0) is 31.6. The standard InChI is InChI=1S/C25H24N3.C13H24O2.Ir/c1-14-16(3)28-23-15(2)18-10-8-7-9-17(18)11-19(23)22-20(12-26-13-27-22)24(28)21(14)25(4,5)6;1-5-10(6-2)12(14)9-13(15)11(7-3)8-4;/h7-10,12-13H,1-6H3;9-11,14H,5-8H2,1-4H3;/q-1;;/b;12-9-;. The Hall–Kier alpha value is -3.08. The average Bonchev–Trinajstić information content (AvgIpc) is 3.25. The quantitative estimate of drug-likeness (QED) is 0.0589. The molecule has 0 aliphatic rings. The number of benzene rings is 2. The monoisotopic (exact) mass is 771 g/mol. The van der Waals surface area contributed by atoms with E-state index in [0.29, 0.717) is 0 Å². The van der Waals surface area contributed by atoms with Crippen LogP contribution in [0.2, 0.25) is 0 Å². The number of rotatable bonds is 7. The van der Waals surface area contributed by atoms with Crippen LogP contribution in [0.15, 0.2) is 48.6 Å². The first kappa shape index (κ1) is 35.4. The number of allylic oxidation sites excluding steroid dienone is 2. The number of aliphatic hydroxyl groups excluding tert-OH is 1. The number of aromatic nitrogens is 3. The summed E-state index contributed by atoms with van der Waals surface area (Å²) in [5.74, 6) is 0.547. The second-order valence-electron chi connectivity index (χ2n) is 12.8. The van der Waals surface area contributed by atoms with Crippen LogP contribution in [0, 0.1) is 38.7 Å². The van der Waals surface area contributed by atoms with Crippen LogP contribution in [0.1, 0.15) is 96.5 Å². The molecule has 237 valence electrons. The van der Waals surface area contributed by atoms with Gasteiger partial charge in [-0.25, -0.2) is 4.98 Å². The summed E-state index contributed by atoms with van der Waals surface area (Å²) in [7, 11) is 0. The van der Waals surface area contributed by atoms with Gasteiger partial charge in [-0.15, -0.1) is 17.5 Å². The van der Waals surface area contributed by atoms with Gasteiger partial charge in [-0.05, 0) is 61.6 Å². The van der Waals surface area contributed by atoms with E-state index in [4.69, 9.17) is 4.98 Å². The van der Waals surface area contributed by atoms with E-state index in [1.54, 1.807) is 6.33 Å². The molecule has 0 saturated carbocycles. The van der Waals surface area contributed by atoms with E-state index in [9.17, 15) is 9.90 Å². The van der Waals surface area contributed by atoms with E-state index < -0.39 is 0 Å². The van der Waals surface area contributed by atoms with Crippen molar-refractivity contribution in [3.05, 3.63) is 77.1 Å². The predicted octanol–water partition coefficient (Wildman–Crippen LogP) is 10.1. The molecule has 44 heavy (non-hydrogen) atoms. The maximum absolute atomic E-state index is 11.7. The first-order valence-electron chi connectivity index (χ1n) is 15.8. The molecule has 5 rings (SSSR count). The Bertz CT molecular complexity index is 1820. The van der Waals surface area contributed by atoms with Crippen molar-refractivity contribution < 1.29 is 30.0 Å². The van der Waals surface area contributed by atoms with Crippen molar-refractivity contribution in [3.63, 3.8) is 0 Å². The Kier molecular flexibility index (Phi) is 11.5. The summed E-state index contributed by atoms with van der Waals surface area (Å²) >= 11 is 0. The van der Waals surface area contributed by atoms with Gasteiger partial charge in [-0.2, -0.15) is 0 Å². The molecule has 2 aromatic carbocycles. The SMILES string of the molecule is CCC(CC)C(=O)/C=C(\O)C(CC)CC.Cc1c(C(C)(C)C)c2c3cncnc3c3[c-]c4ccccc4c(C)c3n2c1C.[Ir]. The van der Waals surface area contributed by atoms with Gasteiger partial charge in [0.05, 0.1) is 5.76 Å². The Morgan fingerprint density at radius 1 is 0.932 bits per heavy atom. The third kappa shape index (κ3) is 6.48. The van der Waals surface area contributed by atoms with Crippen LogP contribution in [0.3, 0.4) is 0 Å². The van der Waals surface area contributed by atoms with Crippen LogP contribution < -0.4 is 0 Å². The van der Waals surface area contributed by atoms with Crippen molar-refractivity contribution in [2.24, 2.45) is 11.8 Å². The largest absolute Gasteiger partial charge is 0.512 e. The van der Waals surface area contributed by atoms with Crippen molar-refractivity contribution in [1.82, 2.24) is 14.4 Å². The van der Waals surface area contributed by atoms with E-state index in [2.05, 4.69) is 81.3 Å².